The van der Waals surface area contributed by atoms with Gasteiger partial charge in [-0.15, -0.1) is 0 Å². The zero-order valence-electron chi connectivity index (χ0n) is 15.3. The van der Waals surface area contributed by atoms with Crippen molar-refractivity contribution in [3.05, 3.63) is 69.6 Å². The number of aliphatic imine (C=N–C) groups is 1. The van der Waals surface area contributed by atoms with Gasteiger partial charge in [-0.25, -0.2) is 9.79 Å². The van der Waals surface area contributed by atoms with Gasteiger partial charge >= 0.3 is 5.97 Å². The highest BCUT2D eigenvalue weighted by molar-refractivity contribution is 8.18. The molecule has 1 heterocycles. The van der Waals surface area contributed by atoms with E-state index in [2.05, 4.69) is 36.3 Å². The van der Waals surface area contributed by atoms with E-state index in [-0.39, 0.29) is 11.5 Å². The van der Waals surface area contributed by atoms with Crippen molar-refractivity contribution < 1.29 is 14.7 Å². The Morgan fingerprint density at radius 2 is 1.89 bits per heavy atom. The lowest BCUT2D eigenvalue weighted by Gasteiger charge is -2.04. The molecule has 138 valence electrons. The van der Waals surface area contributed by atoms with Crippen molar-refractivity contribution in [2.24, 2.45) is 4.99 Å². The number of carboxylic acids is 1. The summed E-state index contributed by atoms with van der Waals surface area (Å²) in [4.78, 5) is 28.5. The van der Waals surface area contributed by atoms with Crippen molar-refractivity contribution in [3.63, 3.8) is 0 Å². The highest BCUT2D eigenvalue weighted by Gasteiger charge is 2.24. The first-order chi connectivity index (χ1) is 12.8. The van der Waals surface area contributed by atoms with Gasteiger partial charge in [0.25, 0.3) is 5.91 Å². The summed E-state index contributed by atoms with van der Waals surface area (Å²) < 4.78 is 0. The molecule has 2 aromatic carbocycles. The number of benzene rings is 2. The van der Waals surface area contributed by atoms with E-state index in [0.717, 1.165) is 11.1 Å². The molecule has 3 rings (SSSR count). The monoisotopic (exact) mass is 380 g/mol. The molecule has 0 aliphatic carbocycles. The van der Waals surface area contributed by atoms with Crippen LogP contribution < -0.4 is 5.32 Å². The Kier molecular flexibility index (Phi) is 5.46. The van der Waals surface area contributed by atoms with Crippen LogP contribution in [0.2, 0.25) is 0 Å². The molecule has 0 spiro atoms. The smallest absolute Gasteiger partial charge is 0.337 e. The van der Waals surface area contributed by atoms with Gasteiger partial charge in [0, 0.05) is 0 Å². The Balaban J connectivity index is 1.86. The van der Waals surface area contributed by atoms with E-state index >= 15 is 0 Å². The van der Waals surface area contributed by atoms with Gasteiger partial charge in [0.15, 0.2) is 5.17 Å². The minimum Gasteiger partial charge on any atom is -0.478 e. The number of nitrogens with zero attached hydrogens (tertiary/aromatic N) is 1. The maximum atomic E-state index is 12.2. The molecule has 0 atom stereocenters. The third-order valence-electron chi connectivity index (χ3n) is 4.16. The predicted octanol–water partition coefficient (Wildman–Crippen LogP) is 4.71. The maximum absolute atomic E-state index is 12.2. The Bertz CT molecular complexity index is 960. The molecule has 0 saturated carbocycles. The van der Waals surface area contributed by atoms with Crippen molar-refractivity contribution in [1.82, 2.24) is 5.32 Å². The molecule has 27 heavy (non-hydrogen) atoms. The first-order valence-electron chi connectivity index (χ1n) is 8.57. The molecule has 1 aliphatic heterocycles. The van der Waals surface area contributed by atoms with Crippen LogP contribution in [-0.4, -0.2) is 22.2 Å². The molecule has 0 radical (unpaired) electrons. The minimum atomic E-state index is -1.05. The first kappa shape index (κ1) is 18.9. The number of amides is 1. The fraction of sp³-hybridized carbons (Fsp3) is 0.190. The molecule has 0 unspecified atom stereocenters. The third-order valence-corrected chi connectivity index (χ3v) is 5.07. The molecule has 2 aromatic rings. The fourth-order valence-electron chi connectivity index (χ4n) is 2.63. The normalized spacial score (nSPS) is 17.0. The van der Waals surface area contributed by atoms with Crippen LogP contribution in [0.15, 0.2) is 52.4 Å². The molecule has 5 nitrogen and oxygen atoms in total. The largest absolute Gasteiger partial charge is 0.478 e. The van der Waals surface area contributed by atoms with E-state index in [1.54, 1.807) is 18.2 Å². The Morgan fingerprint density at radius 3 is 2.52 bits per heavy atom. The summed E-state index contributed by atoms with van der Waals surface area (Å²) in [6.07, 6.45) is 1.81. The number of aryl methyl sites for hydroxylation is 1. The van der Waals surface area contributed by atoms with Crippen molar-refractivity contribution in [2.75, 3.05) is 0 Å². The number of hydrogen-bond acceptors (Lipinski definition) is 4. The zero-order chi connectivity index (χ0) is 19.6. The molecule has 6 heteroatoms. The summed E-state index contributed by atoms with van der Waals surface area (Å²) in [5, 5.41) is 12.4. The number of aromatic carboxylic acids is 1. The molecule has 2 N–H and O–H groups in total. The van der Waals surface area contributed by atoms with Crippen LogP contribution in [0.1, 0.15) is 46.8 Å². The lowest BCUT2D eigenvalue weighted by Crippen LogP contribution is -2.19. The topological polar surface area (TPSA) is 78.8 Å². The standard InChI is InChI=1S/C21H20N2O3S/c1-12(2)15-7-5-14(6-8-15)11-18-19(24)23-21(27-18)22-17-10-13(3)4-9-16(17)20(25)26/h4-12H,1-3H3,(H,25,26)(H,22,23,24)/b18-11-. The number of rotatable bonds is 4. The van der Waals surface area contributed by atoms with Crippen molar-refractivity contribution >= 4 is 40.6 Å². The second-order valence-electron chi connectivity index (χ2n) is 6.63. The van der Waals surface area contributed by atoms with Gasteiger partial charge in [-0.3, -0.25) is 4.79 Å². The van der Waals surface area contributed by atoms with Crippen molar-refractivity contribution in [2.45, 2.75) is 26.7 Å². The number of carbonyl (C=O) groups is 2. The van der Waals surface area contributed by atoms with Crippen LogP contribution in [-0.2, 0) is 4.79 Å². The number of amidine groups is 1. The fourth-order valence-corrected chi connectivity index (χ4v) is 3.47. The number of thioether (sulfide) groups is 1. The predicted molar refractivity (Wildman–Crippen MR) is 109 cm³/mol. The molecule has 1 aliphatic rings. The maximum Gasteiger partial charge on any atom is 0.337 e. The number of hydrogen-bond donors (Lipinski definition) is 2. The van der Waals surface area contributed by atoms with Gasteiger partial charge in [0.2, 0.25) is 0 Å². The second-order valence-corrected chi connectivity index (χ2v) is 7.66. The molecule has 1 fully saturated rings. The summed E-state index contributed by atoms with van der Waals surface area (Å²) in [5.74, 6) is -0.840. The Hall–Kier alpha value is -2.86. The first-order valence-corrected chi connectivity index (χ1v) is 9.38. The van der Waals surface area contributed by atoms with Crippen LogP contribution in [0.25, 0.3) is 6.08 Å². The summed E-state index contributed by atoms with van der Waals surface area (Å²) in [6.45, 7) is 6.13. The molecule has 0 bridgehead atoms. The van der Waals surface area contributed by atoms with E-state index < -0.39 is 5.97 Å². The third kappa shape index (κ3) is 4.46. The van der Waals surface area contributed by atoms with Gasteiger partial charge in [-0.1, -0.05) is 44.2 Å². The zero-order valence-corrected chi connectivity index (χ0v) is 16.1. The number of carboxylic acid groups (broad SMARTS) is 1. The van der Waals surface area contributed by atoms with Crippen LogP contribution >= 0.6 is 11.8 Å². The Morgan fingerprint density at radius 1 is 1.19 bits per heavy atom. The molecule has 1 saturated heterocycles. The summed E-state index contributed by atoms with van der Waals surface area (Å²) in [6, 6.07) is 13.0. The number of carbonyl (C=O) groups excluding carboxylic acids is 1. The number of nitrogens with one attached hydrogen (secondary N) is 1. The van der Waals surface area contributed by atoms with Crippen LogP contribution in [0.5, 0.6) is 0 Å². The van der Waals surface area contributed by atoms with E-state index in [1.807, 2.05) is 19.1 Å². The van der Waals surface area contributed by atoms with Crippen molar-refractivity contribution in [1.29, 1.82) is 0 Å². The van der Waals surface area contributed by atoms with Crippen LogP contribution in [0.4, 0.5) is 5.69 Å². The minimum absolute atomic E-state index is 0.102. The van der Waals surface area contributed by atoms with Gasteiger partial charge in [0.05, 0.1) is 16.2 Å². The lowest BCUT2D eigenvalue weighted by molar-refractivity contribution is -0.115. The highest BCUT2D eigenvalue weighted by Crippen LogP contribution is 2.30. The van der Waals surface area contributed by atoms with Crippen LogP contribution in [0.3, 0.4) is 0 Å². The average Bonchev–Trinajstić information content (AvgIpc) is 2.94. The average molecular weight is 380 g/mol. The van der Waals surface area contributed by atoms with Gasteiger partial charge < -0.3 is 10.4 Å². The van der Waals surface area contributed by atoms with E-state index in [9.17, 15) is 14.7 Å². The quantitative estimate of drug-likeness (QED) is 0.753. The second kappa shape index (κ2) is 7.80. The summed E-state index contributed by atoms with van der Waals surface area (Å²) in [5.41, 5.74) is 3.50. The SMILES string of the molecule is Cc1ccc(C(=O)O)c(N=C2NC(=O)/C(=C/c3ccc(C(C)C)cc3)S2)c1. The highest BCUT2D eigenvalue weighted by atomic mass is 32.2. The summed E-state index contributed by atoms with van der Waals surface area (Å²) in [7, 11) is 0. The molecule has 0 aromatic heterocycles. The summed E-state index contributed by atoms with van der Waals surface area (Å²) >= 11 is 1.20. The van der Waals surface area contributed by atoms with E-state index in [0.29, 0.717) is 21.7 Å². The lowest BCUT2D eigenvalue weighted by atomic mass is 10.0. The van der Waals surface area contributed by atoms with Gasteiger partial charge in [-0.05, 0) is 59.5 Å². The Labute approximate surface area is 162 Å². The van der Waals surface area contributed by atoms with Gasteiger partial charge in [0.1, 0.15) is 0 Å². The van der Waals surface area contributed by atoms with Crippen molar-refractivity contribution in [3.8, 4) is 0 Å². The molecular formula is C21H20N2O3S. The van der Waals surface area contributed by atoms with E-state index in [1.165, 1.54) is 23.4 Å². The van der Waals surface area contributed by atoms with E-state index in [4.69, 9.17) is 0 Å². The van der Waals surface area contributed by atoms with Gasteiger partial charge in [-0.2, -0.15) is 0 Å². The van der Waals surface area contributed by atoms with Crippen LogP contribution in [0, 0.1) is 6.92 Å². The molecule has 1 amide bonds. The molecular weight excluding hydrogens is 360 g/mol.